The van der Waals surface area contributed by atoms with Crippen molar-refractivity contribution in [3.8, 4) is 11.8 Å². The molecule has 0 N–H and O–H groups in total. The second-order valence-electron chi connectivity index (χ2n) is 2.94. The summed E-state index contributed by atoms with van der Waals surface area (Å²) >= 11 is 3.23. The molecule has 3 heteroatoms. The number of hydrogen-bond donors (Lipinski definition) is 0. The van der Waals surface area contributed by atoms with Crippen LogP contribution in [-0.2, 0) is 9.53 Å². The van der Waals surface area contributed by atoms with E-state index in [0.29, 0.717) is 0 Å². The van der Waals surface area contributed by atoms with Crippen LogP contribution in [-0.4, -0.2) is 18.4 Å². The van der Waals surface area contributed by atoms with Crippen molar-refractivity contribution < 1.29 is 9.53 Å². The second-order valence-corrected chi connectivity index (χ2v) is 3.59. The van der Waals surface area contributed by atoms with Crippen LogP contribution in [0.15, 0.2) is 12.2 Å². The highest BCUT2D eigenvalue weighted by atomic mass is 79.9. The van der Waals surface area contributed by atoms with Crippen LogP contribution in [0.5, 0.6) is 0 Å². The predicted octanol–water partition coefficient (Wildman–Crippen LogP) is 2.14. The number of allylic oxidation sites excluding steroid dienone is 2. The topological polar surface area (TPSA) is 26.3 Å². The summed E-state index contributed by atoms with van der Waals surface area (Å²) in [6, 6.07) is 0. The summed E-state index contributed by atoms with van der Waals surface area (Å²) < 4.78 is 4.60. The van der Waals surface area contributed by atoms with Gasteiger partial charge in [0.25, 0.3) is 0 Å². The van der Waals surface area contributed by atoms with E-state index in [1.54, 1.807) is 19.9 Å². The summed E-state index contributed by atoms with van der Waals surface area (Å²) in [6.07, 6.45) is 3.57. The summed E-state index contributed by atoms with van der Waals surface area (Å²) in [5.74, 6) is 5.28. The Morgan fingerprint density at radius 3 is 2.69 bits per heavy atom. The first-order valence-corrected chi connectivity index (χ1v) is 4.99. The zero-order valence-electron chi connectivity index (χ0n) is 8.06. The molecule has 0 heterocycles. The highest BCUT2D eigenvalue weighted by Gasteiger charge is 2.25. The molecule has 0 aromatic heterocycles. The van der Waals surface area contributed by atoms with Crippen LogP contribution < -0.4 is 0 Å². The fourth-order valence-electron chi connectivity index (χ4n) is 0.632. The molecule has 0 aromatic rings. The SMILES string of the molecule is COC(=O)C(C)(C)C#CC=CCBr. The van der Waals surface area contributed by atoms with Crippen LogP contribution in [0.4, 0.5) is 0 Å². The molecule has 0 fully saturated rings. The van der Waals surface area contributed by atoms with E-state index < -0.39 is 5.41 Å². The molecule has 0 aromatic carbocycles. The fraction of sp³-hybridized carbons (Fsp3) is 0.500. The number of methoxy groups -OCH3 is 1. The van der Waals surface area contributed by atoms with Crippen LogP contribution in [0, 0.1) is 17.3 Å². The van der Waals surface area contributed by atoms with Gasteiger partial charge in [0.05, 0.1) is 7.11 Å². The molecule has 0 rings (SSSR count). The number of esters is 1. The quantitative estimate of drug-likeness (QED) is 0.423. The van der Waals surface area contributed by atoms with Crippen LogP contribution in [0.1, 0.15) is 13.8 Å². The van der Waals surface area contributed by atoms with E-state index in [1.165, 1.54) is 7.11 Å². The van der Waals surface area contributed by atoms with Crippen molar-refractivity contribution in [1.29, 1.82) is 0 Å². The lowest BCUT2D eigenvalue weighted by Crippen LogP contribution is -2.23. The molecule has 72 valence electrons. The average Bonchev–Trinajstić information content (AvgIpc) is 2.11. The zero-order valence-corrected chi connectivity index (χ0v) is 9.64. The molecule has 0 unspecified atom stereocenters. The Morgan fingerprint density at radius 1 is 1.62 bits per heavy atom. The average molecular weight is 245 g/mol. The van der Waals surface area contributed by atoms with Crippen LogP contribution in [0.2, 0.25) is 0 Å². The lowest BCUT2D eigenvalue weighted by molar-refractivity contribution is -0.147. The smallest absolute Gasteiger partial charge is 0.323 e. The first-order valence-electron chi connectivity index (χ1n) is 3.86. The van der Waals surface area contributed by atoms with Crippen LogP contribution in [0.25, 0.3) is 0 Å². The summed E-state index contributed by atoms with van der Waals surface area (Å²) in [5.41, 5.74) is -0.731. The van der Waals surface area contributed by atoms with E-state index in [2.05, 4.69) is 32.5 Å². The van der Waals surface area contributed by atoms with E-state index in [1.807, 2.05) is 6.08 Å². The number of hydrogen-bond acceptors (Lipinski definition) is 2. The largest absolute Gasteiger partial charge is 0.468 e. The molecule has 0 bridgehead atoms. The minimum atomic E-state index is -0.731. The fourth-order valence-corrected chi connectivity index (χ4v) is 0.819. The summed E-state index contributed by atoms with van der Waals surface area (Å²) in [4.78, 5) is 11.1. The lowest BCUT2D eigenvalue weighted by Gasteiger charge is -2.12. The molecule has 0 aliphatic carbocycles. The van der Waals surface area contributed by atoms with E-state index >= 15 is 0 Å². The Bertz CT molecular complexity index is 256. The first-order chi connectivity index (χ1) is 6.04. The summed E-state index contributed by atoms with van der Waals surface area (Å²) in [5, 5.41) is 0.764. The van der Waals surface area contributed by atoms with E-state index in [4.69, 9.17) is 0 Å². The molecule has 0 aliphatic rings. The van der Waals surface area contributed by atoms with Gasteiger partial charge >= 0.3 is 5.97 Å². The summed E-state index contributed by atoms with van der Waals surface area (Å²) in [7, 11) is 1.36. The number of carbonyl (C=O) groups excluding carboxylic acids is 1. The number of carbonyl (C=O) groups is 1. The van der Waals surface area contributed by atoms with Gasteiger partial charge in [-0.2, -0.15) is 0 Å². The van der Waals surface area contributed by atoms with Gasteiger partial charge in [0.15, 0.2) is 0 Å². The molecule has 0 amide bonds. The van der Waals surface area contributed by atoms with E-state index in [9.17, 15) is 4.79 Å². The molecule has 2 nitrogen and oxygen atoms in total. The van der Waals surface area contributed by atoms with Gasteiger partial charge in [-0.05, 0) is 19.9 Å². The summed E-state index contributed by atoms with van der Waals surface area (Å²) in [6.45, 7) is 3.46. The number of halogens is 1. The number of ether oxygens (including phenoxy) is 1. The van der Waals surface area contributed by atoms with Gasteiger partial charge in [-0.25, -0.2) is 0 Å². The molecule has 0 atom stereocenters. The highest BCUT2D eigenvalue weighted by Crippen LogP contribution is 2.14. The Hall–Kier alpha value is -0.750. The zero-order chi connectivity index (χ0) is 10.3. The van der Waals surface area contributed by atoms with E-state index in [-0.39, 0.29) is 5.97 Å². The van der Waals surface area contributed by atoms with Crippen molar-refractivity contribution in [3.05, 3.63) is 12.2 Å². The molecule has 0 spiro atoms. The predicted molar refractivity (Wildman–Crippen MR) is 56.5 cm³/mol. The molecule has 0 saturated carbocycles. The van der Waals surface area contributed by atoms with Crippen molar-refractivity contribution >= 4 is 21.9 Å². The Labute approximate surface area is 87.5 Å². The van der Waals surface area contributed by atoms with Crippen LogP contribution >= 0.6 is 15.9 Å². The number of alkyl halides is 1. The number of rotatable bonds is 2. The maximum Gasteiger partial charge on any atom is 0.323 e. The first kappa shape index (κ1) is 12.2. The van der Waals surface area contributed by atoms with Gasteiger partial charge in [0, 0.05) is 5.33 Å². The molecule has 0 radical (unpaired) electrons. The standard InChI is InChI=1S/C10H13BrO2/c1-10(2,9(12)13-3)7-5-4-6-8-11/h4,6H,8H2,1-3H3. The third kappa shape index (κ3) is 4.74. The van der Waals surface area contributed by atoms with Crippen molar-refractivity contribution in [2.45, 2.75) is 13.8 Å². The van der Waals surface area contributed by atoms with Crippen molar-refractivity contribution in [1.82, 2.24) is 0 Å². The van der Waals surface area contributed by atoms with Crippen molar-refractivity contribution in [2.24, 2.45) is 5.41 Å². The third-order valence-electron chi connectivity index (χ3n) is 1.37. The maximum atomic E-state index is 11.1. The van der Waals surface area contributed by atoms with Gasteiger partial charge in [-0.15, -0.1) is 0 Å². The van der Waals surface area contributed by atoms with Crippen LogP contribution in [0.3, 0.4) is 0 Å². The monoisotopic (exact) mass is 244 g/mol. The van der Waals surface area contributed by atoms with Crippen molar-refractivity contribution in [3.63, 3.8) is 0 Å². The minimum Gasteiger partial charge on any atom is -0.468 e. The van der Waals surface area contributed by atoms with Crippen molar-refractivity contribution in [2.75, 3.05) is 12.4 Å². The Kier molecular flexibility index (Phi) is 5.48. The Balaban J connectivity index is 4.37. The van der Waals surface area contributed by atoms with Gasteiger partial charge in [0.1, 0.15) is 5.41 Å². The molecular formula is C10H13BrO2. The third-order valence-corrected chi connectivity index (χ3v) is 1.74. The van der Waals surface area contributed by atoms with E-state index in [0.717, 1.165) is 5.33 Å². The maximum absolute atomic E-state index is 11.1. The second kappa shape index (κ2) is 5.82. The normalized spacial score (nSPS) is 10.8. The molecule has 0 saturated heterocycles. The highest BCUT2D eigenvalue weighted by molar-refractivity contribution is 9.09. The molecule has 0 aliphatic heterocycles. The Morgan fingerprint density at radius 2 is 2.23 bits per heavy atom. The molecule has 13 heavy (non-hydrogen) atoms. The van der Waals surface area contributed by atoms with Gasteiger partial charge < -0.3 is 4.74 Å². The minimum absolute atomic E-state index is 0.313. The van der Waals surface area contributed by atoms with Gasteiger partial charge in [-0.3, -0.25) is 4.79 Å². The van der Waals surface area contributed by atoms with Gasteiger partial charge in [-0.1, -0.05) is 33.8 Å². The van der Waals surface area contributed by atoms with Gasteiger partial charge in [0.2, 0.25) is 0 Å². The lowest BCUT2D eigenvalue weighted by atomic mass is 9.95. The molecular weight excluding hydrogens is 232 g/mol.